The van der Waals surface area contributed by atoms with Gasteiger partial charge in [0.2, 0.25) is 16.5 Å². The molecule has 642 valence electrons. The molecule has 10 fully saturated rings. The normalized spacial score (nSPS) is 39.2. The Kier molecular flexibility index (Phi) is 34.5. The molecular formula is C41H67F15O35S16. The summed E-state index contributed by atoms with van der Waals surface area (Å²) in [6.07, 6.45) is -0.632. The summed E-state index contributed by atoms with van der Waals surface area (Å²) in [7, 11) is -63.7. The molecule has 0 aromatic heterocycles. The Bertz CT molecular complexity index is 4940. The molecule has 0 aromatic rings. The highest BCUT2D eigenvalue weighted by molar-refractivity contribution is 8.10. The molecule has 0 spiro atoms. The summed E-state index contributed by atoms with van der Waals surface area (Å²) in [4.78, 5) is 0. The minimum Gasteiger partial charge on any atom is -0.267 e. The maximum atomic E-state index is 12.6. The van der Waals surface area contributed by atoms with Crippen molar-refractivity contribution in [3.8, 4) is 0 Å². The third-order valence-electron chi connectivity index (χ3n) is 12.6. The molecule has 10 heterocycles. The second-order valence-electron chi connectivity index (χ2n) is 22.3. The number of halogens is 15. The fraction of sp³-hybridized carbons (Fsp3) is 0.854. The van der Waals surface area contributed by atoms with Crippen molar-refractivity contribution in [2.24, 2.45) is 0 Å². The Hall–Kier alpha value is -1.79. The molecular weight excluding hydrogens is 1850 g/mol. The largest absolute Gasteiger partial charge is 0.447 e. The van der Waals surface area contributed by atoms with E-state index in [9.17, 15) is 175 Å². The summed E-state index contributed by atoms with van der Waals surface area (Å²) in [6.45, 7) is 4.81. The lowest BCUT2D eigenvalue weighted by Gasteiger charge is -2.37. The number of rotatable bonds is 0. The van der Waals surface area contributed by atoms with Gasteiger partial charge in [0, 0.05) is 17.9 Å². The lowest BCUT2D eigenvalue weighted by atomic mass is 10.2. The molecule has 10 aliphatic heterocycles. The molecule has 0 aromatic carbocycles. The lowest BCUT2D eigenvalue weighted by Crippen LogP contribution is -2.65. The van der Waals surface area contributed by atoms with Crippen molar-refractivity contribution in [2.45, 2.75) is 153 Å². The molecule has 0 aliphatic carbocycles. The van der Waals surface area contributed by atoms with Gasteiger partial charge in [-0.15, -0.1) is 0 Å². The highest BCUT2D eigenvalue weighted by atomic mass is 32.3. The first kappa shape index (κ1) is 103. The van der Waals surface area contributed by atoms with Crippen molar-refractivity contribution in [3.63, 3.8) is 0 Å². The average Bonchev–Trinajstić information content (AvgIpc) is 1.57. The number of hydrogen-bond donors (Lipinski definition) is 0. The van der Waals surface area contributed by atoms with Crippen molar-refractivity contribution in [1.82, 2.24) is 0 Å². The monoisotopic (exact) mass is 1920 g/mol. The second-order valence-corrected chi connectivity index (χ2v) is 52.8. The molecule has 0 saturated carbocycles. The third kappa shape index (κ3) is 30.1. The van der Waals surface area contributed by atoms with Gasteiger partial charge < -0.3 is 0 Å². The Labute approximate surface area is 610 Å². The highest BCUT2D eigenvalue weighted by Crippen LogP contribution is 2.56. The molecule has 0 amide bonds. The van der Waals surface area contributed by atoms with Gasteiger partial charge in [-0.25, -0.2) is 55.6 Å². The highest BCUT2D eigenvalue weighted by Gasteiger charge is 2.85. The topological polar surface area (TPSA) is 527 Å². The van der Waals surface area contributed by atoms with Crippen LogP contribution in [0.25, 0.3) is 0 Å². The molecule has 13 unspecified atom stereocenters. The first-order valence-corrected chi connectivity index (χ1v) is 53.7. The van der Waals surface area contributed by atoms with Gasteiger partial charge in [0.05, 0.1) is 81.9 Å². The SMILES string of the molecule is C=S1(=O)CCC(F)S(=O)(=O)O1.C=S1(=O)CCCS(=O)(=O)O1.C=S1(=O)CCS(=O)(=O)O1.C=S1(=O)OS(=O)(=O)C(F)(F)C(F)(F)C1(F)F.C=S1(=O)OS(=O)(=O)C(F)(F)C1(F)F.C=S1(=O)OS(=O)(=O)CC1F.CC1CCC(F)S(=O)(=O)O1.CC1CCCS(=O)(=O)O1.CC1OS(=O)(=O)CCC1F.O=S1(=O)CCC(F)CC1. The maximum Gasteiger partial charge on any atom is 0.447 e. The second kappa shape index (κ2) is 35.8. The van der Waals surface area contributed by atoms with Crippen LogP contribution in [0.15, 0.2) is 0 Å². The standard InChI is InChI=1S/2C5H9FO3S.C5H9FO2S.C5H10O3S.C4H2F6O4S2.C4H7FO4S2.C4H8O4S2.C3H2F4O4S2.C3H5FO4S2.C3H6O4S2/c1-4-5(6)2-3-10(7,8)9-4;1-4-2-3-5(6)10(7,8)9-4;6-5-1-3-9(7,8)4-2-5;1-5-3-2-4-9(6,7)8-5;1-15(11)3(7,8)2(5,6)4(9,10)16(12,13)14-15;1-10(6)3-2-4(5)11(7,8)9-10;1-9(5)3-2-4-10(6,7)8-9;1-12(8)2(4,5)3(6,7)13(9,10)11-12;1-9(5)3(4)2-10(6,7)8-9;1-8(4)2-3-9(5,6)7-8/h2*4-5H,2-3H2,1H3;5H,1-4H2;5H,2-4H2,1H3;1H2;4H,1-3H2;1-4H2;1H2;3H,1-2H2;1-3H2. The summed E-state index contributed by atoms with van der Waals surface area (Å²) in [6, 6.07) is 0. The van der Waals surface area contributed by atoms with E-state index in [-0.39, 0.29) is 96.1 Å². The summed E-state index contributed by atoms with van der Waals surface area (Å²) in [5, 5.41) is -22.9. The minimum absolute atomic E-state index is 0.0231. The van der Waals surface area contributed by atoms with Crippen LogP contribution in [-0.4, -0.2) is 276 Å². The zero-order chi connectivity index (χ0) is 84.9. The number of sulfone groups is 1. The number of hydrogen-bond acceptors (Lipinski definition) is 35. The van der Waals surface area contributed by atoms with Crippen LogP contribution in [0, 0.1) is 0 Å². The van der Waals surface area contributed by atoms with E-state index in [0.29, 0.717) is 12.8 Å². The first-order chi connectivity index (χ1) is 46.9. The van der Waals surface area contributed by atoms with Gasteiger partial charge in [-0.3, -0.25) is 12.5 Å². The van der Waals surface area contributed by atoms with Gasteiger partial charge in [-0.1, -0.05) is 0 Å². The van der Waals surface area contributed by atoms with E-state index in [2.05, 4.69) is 63.7 Å². The molecule has 107 heavy (non-hydrogen) atoms. The summed E-state index contributed by atoms with van der Waals surface area (Å²) in [5.41, 5.74) is -5.86. The minimum atomic E-state index is -6.45. The predicted molar refractivity (Wildman–Crippen MR) is 358 cm³/mol. The van der Waals surface area contributed by atoms with E-state index in [1.165, 1.54) is 6.92 Å². The quantitative estimate of drug-likeness (QED) is 0.182. The maximum absolute atomic E-state index is 12.6. The lowest BCUT2D eigenvalue weighted by molar-refractivity contribution is -0.250. The Morgan fingerprint density at radius 2 is 0.729 bits per heavy atom. The van der Waals surface area contributed by atoms with Crippen molar-refractivity contribution in [3.05, 3.63) is 0 Å². The van der Waals surface area contributed by atoms with E-state index in [1.54, 1.807) is 13.8 Å². The van der Waals surface area contributed by atoms with E-state index in [1.807, 2.05) is 5.87 Å². The van der Waals surface area contributed by atoms with Gasteiger partial charge in [0.1, 0.15) is 34.0 Å². The fourth-order valence-electron chi connectivity index (χ4n) is 7.12. The number of alkyl halides is 15. The van der Waals surface area contributed by atoms with Crippen molar-refractivity contribution in [1.29, 1.82) is 0 Å². The van der Waals surface area contributed by atoms with Gasteiger partial charge in [0.25, 0.3) is 60.7 Å². The Morgan fingerprint density at radius 3 is 1.01 bits per heavy atom. The van der Waals surface area contributed by atoms with Crippen LogP contribution in [-0.2, 0) is 194 Å². The van der Waals surface area contributed by atoms with Crippen LogP contribution in [0.2, 0.25) is 0 Å². The molecule has 10 saturated heterocycles. The van der Waals surface area contributed by atoms with Crippen LogP contribution in [0.3, 0.4) is 0 Å². The molecule has 10 aliphatic rings. The summed E-state index contributed by atoms with van der Waals surface area (Å²) in [5.74, 6) is 8.81. The predicted octanol–water partition coefficient (Wildman–Crippen LogP) is 0.567. The van der Waals surface area contributed by atoms with Crippen LogP contribution in [0.4, 0.5) is 65.9 Å². The molecule has 13 atom stereocenters. The first-order valence-electron chi connectivity index (χ1n) is 27.7. The fourth-order valence-corrected chi connectivity index (χ4v) is 32.0. The van der Waals surface area contributed by atoms with Crippen LogP contribution < -0.4 is 0 Å². The van der Waals surface area contributed by atoms with Gasteiger partial charge >= 0.3 is 57.3 Å². The van der Waals surface area contributed by atoms with E-state index < -0.39 is 227 Å². The molecule has 0 radical (unpaired) electrons. The molecule has 0 bridgehead atoms. The van der Waals surface area contributed by atoms with Crippen LogP contribution in [0.5, 0.6) is 0 Å². The van der Waals surface area contributed by atoms with Gasteiger partial charge in [-0.2, -0.15) is 141 Å². The Balaban J connectivity index is 0.000000597. The molecule has 0 N–H and O–H groups in total. The van der Waals surface area contributed by atoms with E-state index in [0.717, 1.165) is 12.8 Å². The molecule has 10 rings (SSSR count). The van der Waals surface area contributed by atoms with Crippen molar-refractivity contribution < 1.29 is 210 Å². The van der Waals surface area contributed by atoms with Crippen LogP contribution in [0.1, 0.15) is 78.6 Å². The molecule has 66 heteroatoms. The van der Waals surface area contributed by atoms with Crippen LogP contribution >= 0.6 is 0 Å². The van der Waals surface area contributed by atoms with Gasteiger partial charge in [0.15, 0.2) is 29.4 Å². The zero-order valence-corrected chi connectivity index (χ0v) is 67.4. The van der Waals surface area contributed by atoms with Crippen molar-refractivity contribution in [2.75, 3.05) is 57.5 Å². The Morgan fingerprint density at radius 1 is 0.318 bits per heavy atom. The zero-order valence-electron chi connectivity index (χ0n) is 54.3. The van der Waals surface area contributed by atoms with Gasteiger partial charge in [-0.05, 0) is 107 Å². The van der Waals surface area contributed by atoms with E-state index >= 15 is 0 Å². The summed E-state index contributed by atoms with van der Waals surface area (Å²) < 4.78 is 497. The van der Waals surface area contributed by atoms with Crippen molar-refractivity contribution >= 4 is 195 Å². The smallest absolute Gasteiger partial charge is 0.267 e. The third-order valence-corrected chi connectivity index (χ3v) is 39.9. The average molecular weight is 1920 g/mol. The van der Waals surface area contributed by atoms with E-state index in [4.69, 9.17) is 0 Å². The molecule has 35 nitrogen and oxygen atoms in total. The summed E-state index contributed by atoms with van der Waals surface area (Å²) >= 11 is 0.